The Morgan fingerprint density at radius 3 is 2.12 bits per heavy atom. The molecule has 0 saturated heterocycles. The summed E-state index contributed by atoms with van der Waals surface area (Å²) in [7, 11) is 0. The van der Waals surface area contributed by atoms with E-state index >= 15 is 0 Å². The van der Waals surface area contributed by atoms with Gasteiger partial charge in [0.2, 0.25) is 0 Å². The predicted molar refractivity (Wildman–Crippen MR) is 110 cm³/mol. The Hall–Kier alpha value is -0.560. The third-order valence-electron chi connectivity index (χ3n) is 7.11. The fourth-order valence-corrected chi connectivity index (χ4v) is 5.53. The number of unbranched alkanes of at least 4 members (excludes halogenated alkanes) is 2. The van der Waals surface area contributed by atoms with Crippen molar-refractivity contribution < 1.29 is 4.39 Å². The zero-order valence-corrected chi connectivity index (χ0v) is 17.2. The highest BCUT2D eigenvalue weighted by molar-refractivity contribution is 6.30. The summed E-state index contributed by atoms with van der Waals surface area (Å²) in [5, 5.41) is 0.243. The minimum atomic E-state index is -0.262. The summed E-state index contributed by atoms with van der Waals surface area (Å²) in [5.41, 5.74) is 1.15. The largest absolute Gasteiger partial charge is 0.205 e. The number of halogens is 2. The Balaban J connectivity index is 1.37. The van der Waals surface area contributed by atoms with Crippen molar-refractivity contribution in [2.75, 3.05) is 0 Å². The third kappa shape index (κ3) is 5.72. The third-order valence-corrected chi connectivity index (χ3v) is 7.42. The zero-order valence-electron chi connectivity index (χ0n) is 16.5. The van der Waals surface area contributed by atoms with Crippen LogP contribution in [0.4, 0.5) is 4.39 Å². The van der Waals surface area contributed by atoms with E-state index in [4.69, 9.17) is 11.6 Å². The van der Waals surface area contributed by atoms with Gasteiger partial charge < -0.3 is 0 Å². The molecule has 0 nitrogen and oxygen atoms in total. The molecule has 2 saturated carbocycles. The van der Waals surface area contributed by atoms with E-state index in [1.165, 1.54) is 83.5 Å². The van der Waals surface area contributed by atoms with Gasteiger partial charge in [-0.15, -0.1) is 0 Å². The smallest absolute Gasteiger partial charge is 0.142 e. The molecular formula is C24H36ClF. The van der Waals surface area contributed by atoms with Crippen molar-refractivity contribution in [1.29, 1.82) is 0 Å². The van der Waals surface area contributed by atoms with Gasteiger partial charge in [-0.1, -0.05) is 76.0 Å². The fraction of sp³-hybridized carbons (Fsp3) is 0.750. The van der Waals surface area contributed by atoms with Crippen LogP contribution >= 0.6 is 11.6 Å². The average Bonchev–Trinajstić information content (AvgIpc) is 2.66. The summed E-state index contributed by atoms with van der Waals surface area (Å²) in [5.74, 6) is 3.18. The van der Waals surface area contributed by atoms with E-state index in [1.54, 1.807) is 12.1 Å². The Bertz CT molecular complexity index is 539. The van der Waals surface area contributed by atoms with E-state index in [0.29, 0.717) is 5.92 Å². The van der Waals surface area contributed by atoms with Gasteiger partial charge in [-0.05, 0) is 73.5 Å². The number of hydrogen-bond donors (Lipinski definition) is 0. The van der Waals surface area contributed by atoms with Gasteiger partial charge in [0.05, 0.1) is 5.02 Å². The maximum absolute atomic E-state index is 13.7. The minimum absolute atomic E-state index is 0.243. The van der Waals surface area contributed by atoms with E-state index in [1.807, 2.05) is 6.07 Å². The van der Waals surface area contributed by atoms with Crippen LogP contribution in [0.1, 0.15) is 102 Å². The highest BCUT2D eigenvalue weighted by Crippen LogP contribution is 2.42. The molecule has 1 aromatic rings. The van der Waals surface area contributed by atoms with Crippen LogP contribution in [0.5, 0.6) is 0 Å². The molecule has 0 N–H and O–H groups in total. The molecule has 2 fully saturated rings. The first-order valence-corrected chi connectivity index (χ1v) is 11.5. The fourth-order valence-electron chi connectivity index (χ4n) is 5.41. The summed E-state index contributed by atoms with van der Waals surface area (Å²) in [6.07, 6.45) is 18.1. The molecule has 26 heavy (non-hydrogen) atoms. The molecule has 0 aliphatic heterocycles. The van der Waals surface area contributed by atoms with Gasteiger partial charge in [0, 0.05) is 0 Å². The SMILES string of the molecule is CCCCCC1CCC(CC2CCC(c3ccc(Cl)c(F)c3)CC2)CC1. The van der Waals surface area contributed by atoms with E-state index in [-0.39, 0.29) is 10.8 Å². The van der Waals surface area contributed by atoms with Gasteiger partial charge in [0.1, 0.15) is 5.82 Å². The lowest BCUT2D eigenvalue weighted by atomic mass is 9.71. The molecular weight excluding hydrogens is 343 g/mol. The number of benzene rings is 1. The van der Waals surface area contributed by atoms with Crippen LogP contribution in [-0.2, 0) is 0 Å². The standard InChI is InChI=1S/C24H36ClF/c1-2-3-4-5-18-6-8-19(9-7-18)16-20-10-12-21(13-11-20)22-14-15-23(25)24(26)17-22/h14-15,17-21H,2-13,16H2,1H3. The van der Waals surface area contributed by atoms with Gasteiger partial charge in [0.15, 0.2) is 0 Å². The molecule has 146 valence electrons. The van der Waals surface area contributed by atoms with Crippen molar-refractivity contribution in [1.82, 2.24) is 0 Å². The molecule has 1 aromatic carbocycles. The summed E-state index contributed by atoms with van der Waals surface area (Å²) in [6, 6.07) is 5.40. The molecule has 2 aliphatic rings. The van der Waals surface area contributed by atoms with E-state index in [2.05, 4.69) is 6.92 Å². The molecule has 0 spiro atoms. The molecule has 0 radical (unpaired) electrons. The van der Waals surface area contributed by atoms with Gasteiger partial charge >= 0.3 is 0 Å². The second-order valence-electron chi connectivity index (χ2n) is 9.01. The topological polar surface area (TPSA) is 0 Å². The molecule has 2 aliphatic carbocycles. The van der Waals surface area contributed by atoms with Crippen LogP contribution in [0.15, 0.2) is 18.2 Å². The van der Waals surface area contributed by atoms with Crippen LogP contribution in [-0.4, -0.2) is 0 Å². The minimum Gasteiger partial charge on any atom is -0.205 e. The van der Waals surface area contributed by atoms with Crippen molar-refractivity contribution >= 4 is 11.6 Å². The van der Waals surface area contributed by atoms with Gasteiger partial charge in [-0.3, -0.25) is 0 Å². The van der Waals surface area contributed by atoms with E-state index in [9.17, 15) is 4.39 Å². The van der Waals surface area contributed by atoms with E-state index < -0.39 is 0 Å². The highest BCUT2D eigenvalue weighted by Gasteiger charge is 2.27. The first-order chi connectivity index (χ1) is 12.7. The Labute approximate surface area is 164 Å². The average molecular weight is 379 g/mol. The number of hydrogen-bond acceptors (Lipinski definition) is 0. The second kappa shape index (κ2) is 10.1. The first-order valence-electron chi connectivity index (χ1n) is 11.1. The predicted octanol–water partition coefficient (Wildman–Crippen LogP) is 8.53. The van der Waals surface area contributed by atoms with Crippen molar-refractivity contribution in [3.8, 4) is 0 Å². The first kappa shape index (κ1) is 20.2. The maximum atomic E-state index is 13.7. The van der Waals surface area contributed by atoms with Gasteiger partial charge in [0.25, 0.3) is 0 Å². The Kier molecular flexibility index (Phi) is 7.85. The molecule has 0 bridgehead atoms. The van der Waals surface area contributed by atoms with Crippen molar-refractivity contribution in [3.63, 3.8) is 0 Å². The maximum Gasteiger partial charge on any atom is 0.142 e. The quantitative estimate of drug-likeness (QED) is 0.417. The molecule has 0 heterocycles. The molecule has 0 unspecified atom stereocenters. The zero-order chi connectivity index (χ0) is 18.4. The monoisotopic (exact) mass is 378 g/mol. The second-order valence-corrected chi connectivity index (χ2v) is 9.42. The molecule has 2 heteroatoms. The molecule has 0 aromatic heterocycles. The van der Waals surface area contributed by atoms with Gasteiger partial charge in [-0.2, -0.15) is 0 Å². The summed E-state index contributed by atoms with van der Waals surface area (Å²) >= 11 is 5.82. The van der Waals surface area contributed by atoms with E-state index in [0.717, 1.165) is 23.3 Å². The molecule has 0 atom stereocenters. The van der Waals surface area contributed by atoms with Crippen molar-refractivity contribution in [2.45, 2.75) is 96.3 Å². The van der Waals surface area contributed by atoms with Crippen LogP contribution in [0.3, 0.4) is 0 Å². The summed E-state index contributed by atoms with van der Waals surface area (Å²) < 4.78 is 13.7. The molecule has 0 amide bonds. The highest BCUT2D eigenvalue weighted by atomic mass is 35.5. The summed E-state index contributed by atoms with van der Waals surface area (Å²) in [6.45, 7) is 2.30. The van der Waals surface area contributed by atoms with Crippen LogP contribution < -0.4 is 0 Å². The summed E-state index contributed by atoms with van der Waals surface area (Å²) in [4.78, 5) is 0. The normalized spacial score (nSPS) is 29.7. The van der Waals surface area contributed by atoms with Crippen LogP contribution in [0.2, 0.25) is 5.02 Å². The Morgan fingerprint density at radius 1 is 0.885 bits per heavy atom. The molecule has 3 rings (SSSR count). The van der Waals surface area contributed by atoms with Crippen molar-refractivity contribution in [2.24, 2.45) is 17.8 Å². The lowest BCUT2D eigenvalue weighted by Crippen LogP contribution is -2.20. The van der Waals surface area contributed by atoms with Crippen LogP contribution in [0.25, 0.3) is 0 Å². The van der Waals surface area contributed by atoms with Crippen LogP contribution in [0, 0.1) is 23.6 Å². The van der Waals surface area contributed by atoms with Gasteiger partial charge in [-0.25, -0.2) is 4.39 Å². The Morgan fingerprint density at radius 2 is 1.50 bits per heavy atom. The van der Waals surface area contributed by atoms with Crippen molar-refractivity contribution in [3.05, 3.63) is 34.6 Å². The lowest BCUT2D eigenvalue weighted by Gasteiger charge is -2.34. The number of rotatable bonds is 7. The lowest BCUT2D eigenvalue weighted by molar-refractivity contribution is 0.199.